The Morgan fingerprint density at radius 1 is 1.35 bits per heavy atom. The molecule has 0 aliphatic heterocycles. The molecule has 2 rings (SSSR count). The quantitative estimate of drug-likeness (QED) is 0.683. The Morgan fingerprint density at radius 2 is 2.10 bits per heavy atom. The van der Waals surface area contributed by atoms with E-state index in [-0.39, 0.29) is 28.7 Å². The van der Waals surface area contributed by atoms with Gasteiger partial charge in [0.15, 0.2) is 0 Å². The third kappa shape index (κ3) is 3.09. The highest BCUT2D eigenvalue weighted by Crippen LogP contribution is 2.31. The van der Waals surface area contributed by atoms with Crippen molar-refractivity contribution in [2.75, 3.05) is 12.4 Å². The molecular formula is C11H10ClN5O3. The van der Waals surface area contributed by atoms with Gasteiger partial charge in [0.05, 0.1) is 4.92 Å². The summed E-state index contributed by atoms with van der Waals surface area (Å²) in [7, 11) is 1.60. The minimum absolute atomic E-state index is 0.0323. The molecule has 9 heteroatoms. The van der Waals surface area contributed by atoms with Gasteiger partial charge in [-0.3, -0.25) is 10.1 Å². The molecule has 104 valence electrons. The minimum Gasteiger partial charge on any atom is -0.417 e. The van der Waals surface area contributed by atoms with E-state index in [9.17, 15) is 10.1 Å². The van der Waals surface area contributed by atoms with Crippen molar-refractivity contribution in [3.8, 4) is 11.8 Å². The number of ether oxygens (including phenoxy) is 1. The summed E-state index contributed by atoms with van der Waals surface area (Å²) in [6.45, 7) is 1.75. The lowest BCUT2D eigenvalue weighted by Crippen LogP contribution is -2.02. The van der Waals surface area contributed by atoms with Crippen LogP contribution in [0.25, 0.3) is 0 Å². The number of aryl methyl sites for hydroxylation is 1. The average molecular weight is 296 g/mol. The van der Waals surface area contributed by atoms with Crippen LogP contribution in [0.3, 0.4) is 0 Å². The summed E-state index contributed by atoms with van der Waals surface area (Å²) in [5.41, 5.74) is 0.571. The van der Waals surface area contributed by atoms with Crippen molar-refractivity contribution in [1.82, 2.24) is 15.0 Å². The summed E-state index contributed by atoms with van der Waals surface area (Å²) in [5, 5.41) is 13.6. The Labute approximate surface area is 118 Å². The Kier molecular flexibility index (Phi) is 3.94. The maximum atomic E-state index is 11.0. The van der Waals surface area contributed by atoms with Crippen LogP contribution in [-0.2, 0) is 0 Å². The van der Waals surface area contributed by atoms with Gasteiger partial charge in [-0.2, -0.15) is 15.0 Å². The number of halogens is 1. The molecule has 2 aromatic rings. The van der Waals surface area contributed by atoms with E-state index in [1.165, 1.54) is 12.1 Å². The number of hydrogen-bond acceptors (Lipinski definition) is 7. The van der Waals surface area contributed by atoms with Crippen LogP contribution >= 0.6 is 11.6 Å². The Balaban J connectivity index is 2.39. The highest BCUT2D eigenvalue weighted by molar-refractivity contribution is 6.28. The fourth-order valence-corrected chi connectivity index (χ4v) is 1.60. The van der Waals surface area contributed by atoms with Crippen LogP contribution in [0.15, 0.2) is 18.2 Å². The largest absolute Gasteiger partial charge is 0.417 e. The van der Waals surface area contributed by atoms with Crippen molar-refractivity contribution < 1.29 is 9.66 Å². The Hall–Kier alpha value is -2.48. The SMILES string of the molecule is CNc1nc(Cl)nc(Oc2ccc(C)cc2[N+](=O)[O-])n1. The van der Waals surface area contributed by atoms with Gasteiger partial charge in [-0.1, -0.05) is 6.07 Å². The number of nitro groups is 1. The molecule has 0 fully saturated rings. The lowest BCUT2D eigenvalue weighted by molar-refractivity contribution is -0.385. The van der Waals surface area contributed by atoms with E-state index in [0.717, 1.165) is 5.56 Å². The number of benzene rings is 1. The molecule has 0 saturated carbocycles. The van der Waals surface area contributed by atoms with E-state index in [2.05, 4.69) is 20.3 Å². The second-order valence-electron chi connectivity index (χ2n) is 3.79. The Morgan fingerprint density at radius 3 is 2.75 bits per heavy atom. The van der Waals surface area contributed by atoms with E-state index in [0.29, 0.717) is 0 Å². The molecule has 1 aromatic carbocycles. The first-order valence-corrected chi connectivity index (χ1v) is 5.89. The molecule has 0 radical (unpaired) electrons. The van der Waals surface area contributed by atoms with Crippen LogP contribution < -0.4 is 10.1 Å². The number of aromatic nitrogens is 3. The molecule has 0 unspecified atom stereocenters. The van der Waals surface area contributed by atoms with E-state index < -0.39 is 4.92 Å². The maximum Gasteiger partial charge on any atom is 0.328 e. The summed E-state index contributed by atoms with van der Waals surface area (Å²) in [6, 6.07) is 4.44. The zero-order valence-electron chi connectivity index (χ0n) is 10.6. The smallest absolute Gasteiger partial charge is 0.328 e. The van der Waals surface area contributed by atoms with Crippen LogP contribution in [0, 0.1) is 17.0 Å². The summed E-state index contributed by atoms with van der Waals surface area (Å²) >= 11 is 5.71. The van der Waals surface area contributed by atoms with E-state index in [1.54, 1.807) is 20.0 Å². The minimum atomic E-state index is -0.538. The highest BCUT2D eigenvalue weighted by Gasteiger charge is 2.17. The molecule has 0 saturated heterocycles. The van der Waals surface area contributed by atoms with Gasteiger partial charge in [-0.25, -0.2) is 0 Å². The maximum absolute atomic E-state index is 11.0. The van der Waals surface area contributed by atoms with Gasteiger partial charge < -0.3 is 10.1 Å². The summed E-state index contributed by atoms with van der Waals surface area (Å²) < 4.78 is 5.32. The van der Waals surface area contributed by atoms with Crippen LogP contribution in [0.4, 0.5) is 11.6 Å². The second-order valence-corrected chi connectivity index (χ2v) is 4.13. The third-order valence-electron chi connectivity index (χ3n) is 2.32. The number of nitro benzene ring substituents is 1. The van der Waals surface area contributed by atoms with E-state index in [4.69, 9.17) is 16.3 Å². The topological polar surface area (TPSA) is 103 Å². The average Bonchev–Trinajstić information content (AvgIpc) is 2.40. The number of anilines is 1. The standard InChI is InChI=1S/C11H10ClN5O3/c1-6-3-4-8(7(5-6)17(18)19)20-11-15-9(12)14-10(13-2)16-11/h3-5H,1-2H3,(H,13,14,15,16). The first-order chi connectivity index (χ1) is 9.49. The van der Waals surface area contributed by atoms with Crippen molar-refractivity contribution in [3.05, 3.63) is 39.2 Å². The van der Waals surface area contributed by atoms with Crippen molar-refractivity contribution >= 4 is 23.2 Å². The zero-order valence-corrected chi connectivity index (χ0v) is 11.4. The predicted octanol–water partition coefficient (Wildman–Crippen LogP) is 2.58. The van der Waals surface area contributed by atoms with Crippen molar-refractivity contribution in [2.45, 2.75) is 6.92 Å². The fraction of sp³-hybridized carbons (Fsp3) is 0.182. The molecule has 1 N–H and O–H groups in total. The van der Waals surface area contributed by atoms with Crippen molar-refractivity contribution in [1.29, 1.82) is 0 Å². The van der Waals surface area contributed by atoms with Crippen LogP contribution in [0.5, 0.6) is 11.8 Å². The number of nitrogens with one attached hydrogen (secondary N) is 1. The van der Waals surface area contributed by atoms with E-state index in [1.807, 2.05) is 0 Å². The second kappa shape index (κ2) is 5.66. The summed E-state index contributed by atoms with van der Waals surface area (Å²) in [6.07, 6.45) is 0. The van der Waals surface area contributed by atoms with Crippen LogP contribution in [0.2, 0.25) is 5.28 Å². The molecular weight excluding hydrogens is 286 g/mol. The molecule has 0 aliphatic rings. The predicted molar refractivity (Wildman–Crippen MR) is 72.3 cm³/mol. The fourth-order valence-electron chi connectivity index (χ4n) is 1.44. The van der Waals surface area contributed by atoms with Gasteiger partial charge in [0.2, 0.25) is 17.0 Å². The molecule has 0 atom stereocenters. The highest BCUT2D eigenvalue weighted by atomic mass is 35.5. The molecule has 20 heavy (non-hydrogen) atoms. The van der Waals surface area contributed by atoms with Gasteiger partial charge in [-0.15, -0.1) is 0 Å². The van der Waals surface area contributed by atoms with E-state index >= 15 is 0 Å². The zero-order chi connectivity index (χ0) is 14.7. The first kappa shape index (κ1) is 13.9. The molecule has 0 spiro atoms. The Bertz CT molecular complexity index is 665. The third-order valence-corrected chi connectivity index (χ3v) is 2.49. The summed E-state index contributed by atoms with van der Waals surface area (Å²) in [4.78, 5) is 21.9. The van der Waals surface area contributed by atoms with Gasteiger partial charge in [0.25, 0.3) is 0 Å². The molecule has 0 amide bonds. The molecule has 8 nitrogen and oxygen atoms in total. The molecule has 1 heterocycles. The number of rotatable bonds is 4. The van der Waals surface area contributed by atoms with Gasteiger partial charge in [0, 0.05) is 13.1 Å². The van der Waals surface area contributed by atoms with Gasteiger partial charge >= 0.3 is 11.7 Å². The normalized spacial score (nSPS) is 10.2. The van der Waals surface area contributed by atoms with Gasteiger partial charge in [0.1, 0.15) is 0 Å². The van der Waals surface area contributed by atoms with Crippen molar-refractivity contribution in [2.24, 2.45) is 0 Å². The number of hydrogen-bond donors (Lipinski definition) is 1. The lowest BCUT2D eigenvalue weighted by atomic mass is 10.2. The summed E-state index contributed by atoms with van der Waals surface area (Å²) in [5.74, 6) is 0.236. The lowest BCUT2D eigenvalue weighted by Gasteiger charge is -2.06. The molecule has 1 aromatic heterocycles. The number of nitrogens with zero attached hydrogens (tertiary/aromatic N) is 4. The van der Waals surface area contributed by atoms with Crippen LogP contribution in [-0.4, -0.2) is 26.9 Å². The van der Waals surface area contributed by atoms with Crippen molar-refractivity contribution in [3.63, 3.8) is 0 Å². The molecule has 0 aliphatic carbocycles. The van der Waals surface area contributed by atoms with Crippen LogP contribution in [0.1, 0.15) is 5.56 Å². The molecule has 0 bridgehead atoms. The van der Waals surface area contributed by atoms with Gasteiger partial charge in [-0.05, 0) is 30.2 Å². The first-order valence-electron chi connectivity index (χ1n) is 5.52. The monoisotopic (exact) mass is 295 g/mol.